The Morgan fingerprint density at radius 3 is 2.65 bits per heavy atom. The fraction of sp³-hybridized carbons (Fsp3) is 0.444. The first kappa shape index (κ1) is 15.4. The van der Waals surface area contributed by atoms with Crippen LogP contribution in [0, 0.1) is 17.2 Å². The fourth-order valence-corrected chi connectivity index (χ4v) is 3.23. The van der Waals surface area contributed by atoms with Crippen LogP contribution in [0.25, 0.3) is 0 Å². The van der Waals surface area contributed by atoms with Crippen molar-refractivity contribution in [3.63, 3.8) is 0 Å². The zero-order valence-electron chi connectivity index (χ0n) is 13.2. The van der Waals surface area contributed by atoms with Crippen molar-refractivity contribution < 1.29 is 0 Å². The Balaban J connectivity index is 1.78. The van der Waals surface area contributed by atoms with E-state index < -0.39 is 0 Å². The fourth-order valence-electron chi connectivity index (χ4n) is 3.23. The molecule has 1 atom stereocenters. The minimum Gasteiger partial charge on any atom is -0.360 e. The quantitative estimate of drug-likeness (QED) is 0.907. The van der Waals surface area contributed by atoms with Gasteiger partial charge in [-0.15, -0.1) is 0 Å². The third kappa shape index (κ3) is 4.26. The van der Waals surface area contributed by atoms with Gasteiger partial charge in [0.15, 0.2) is 0 Å². The average Bonchev–Trinajstić information content (AvgIpc) is 2.63. The number of pyridine rings is 1. The lowest BCUT2D eigenvalue weighted by Crippen LogP contribution is -2.20. The van der Waals surface area contributed by atoms with Crippen molar-refractivity contribution in [1.29, 1.82) is 5.26 Å². The van der Waals surface area contributed by atoms with Crippen molar-refractivity contribution in [3.8, 4) is 6.07 Å². The van der Waals surface area contributed by atoms with Gasteiger partial charge in [-0.1, -0.05) is 38.2 Å². The van der Waals surface area contributed by atoms with Crippen molar-refractivity contribution in [3.05, 3.63) is 48.2 Å². The summed E-state index contributed by atoms with van der Waals surface area (Å²) >= 11 is 0. The number of nitrogens with one attached hydrogen (secondary N) is 1. The number of nitriles is 1. The minimum atomic E-state index is 0.0285. The summed E-state index contributed by atoms with van der Waals surface area (Å²) in [6, 6.07) is 9.38. The second-order valence-electron chi connectivity index (χ2n) is 6.06. The van der Waals surface area contributed by atoms with Crippen molar-refractivity contribution in [2.45, 2.75) is 44.6 Å². The number of aromatic nitrogens is 3. The van der Waals surface area contributed by atoms with E-state index in [1.54, 1.807) is 18.5 Å². The highest BCUT2D eigenvalue weighted by molar-refractivity contribution is 5.40. The van der Waals surface area contributed by atoms with Crippen molar-refractivity contribution in [1.82, 2.24) is 15.0 Å². The predicted molar refractivity (Wildman–Crippen MR) is 88.5 cm³/mol. The van der Waals surface area contributed by atoms with E-state index in [2.05, 4.69) is 26.3 Å². The van der Waals surface area contributed by atoms with Gasteiger partial charge in [-0.25, -0.2) is 15.0 Å². The SMILES string of the molecule is N#Cc1cccc(NC(CC2CCCCC2)c2ncccn2)n1. The summed E-state index contributed by atoms with van der Waals surface area (Å²) in [4.78, 5) is 13.2. The topological polar surface area (TPSA) is 74.5 Å². The summed E-state index contributed by atoms with van der Waals surface area (Å²) in [7, 11) is 0. The Bertz CT molecular complexity index is 659. The number of nitrogens with zero attached hydrogens (tertiary/aromatic N) is 4. The normalized spacial score (nSPS) is 16.5. The molecule has 0 saturated heterocycles. The van der Waals surface area contributed by atoms with Gasteiger partial charge in [0.05, 0.1) is 6.04 Å². The zero-order valence-corrected chi connectivity index (χ0v) is 13.2. The van der Waals surface area contributed by atoms with E-state index in [0.29, 0.717) is 17.4 Å². The highest BCUT2D eigenvalue weighted by Gasteiger charge is 2.22. The molecule has 1 fully saturated rings. The van der Waals surface area contributed by atoms with Crippen LogP contribution >= 0.6 is 0 Å². The minimum absolute atomic E-state index is 0.0285. The van der Waals surface area contributed by atoms with E-state index in [4.69, 9.17) is 5.26 Å². The molecule has 5 nitrogen and oxygen atoms in total. The summed E-state index contributed by atoms with van der Waals surface area (Å²) < 4.78 is 0. The first-order valence-electron chi connectivity index (χ1n) is 8.26. The van der Waals surface area contributed by atoms with Crippen LogP contribution in [0.2, 0.25) is 0 Å². The van der Waals surface area contributed by atoms with Crippen molar-refractivity contribution >= 4 is 5.82 Å². The van der Waals surface area contributed by atoms with E-state index in [1.165, 1.54) is 32.1 Å². The first-order chi connectivity index (χ1) is 11.3. The Morgan fingerprint density at radius 1 is 1.13 bits per heavy atom. The van der Waals surface area contributed by atoms with E-state index in [0.717, 1.165) is 12.2 Å². The molecule has 1 unspecified atom stereocenters. The molecule has 0 spiro atoms. The van der Waals surface area contributed by atoms with Gasteiger partial charge in [0.2, 0.25) is 0 Å². The molecule has 0 bridgehead atoms. The number of hydrogen-bond acceptors (Lipinski definition) is 5. The molecule has 0 radical (unpaired) electrons. The lowest BCUT2D eigenvalue weighted by atomic mass is 9.84. The molecule has 2 heterocycles. The molecule has 118 valence electrons. The van der Waals surface area contributed by atoms with Gasteiger partial charge in [0.1, 0.15) is 23.4 Å². The van der Waals surface area contributed by atoms with Gasteiger partial charge in [0, 0.05) is 12.4 Å². The Morgan fingerprint density at radius 2 is 1.91 bits per heavy atom. The molecule has 1 aliphatic rings. The van der Waals surface area contributed by atoms with Gasteiger partial charge < -0.3 is 5.32 Å². The van der Waals surface area contributed by atoms with Gasteiger partial charge in [-0.2, -0.15) is 5.26 Å². The molecule has 23 heavy (non-hydrogen) atoms. The largest absolute Gasteiger partial charge is 0.360 e. The Labute approximate surface area is 136 Å². The van der Waals surface area contributed by atoms with Crippen LogP contribution in [0.1, 0.15) is 56.1 Å². The highest BCUT2D eigenvalue weighted by Crippen LogP contribution is 2.32. The van der Waals surface area contributed by atoms with E-state index in [1.807, 2.05) is 18.2 Å². The number of anilines is 1. The average molecular weight is 307 g/mol. The molecule has 3 rings (SSSR count). The maximum absolute atomic E-state index is 9.01. The molecule has 0 aliphatic heterocycles. The summed E-state index contributed by atoms with van der Waals surface area (Å²) in [5.74, 6) is 2.20. The lowest BCUT2D eigenvalue weighted by molar-refractivity contribution is 0.321. The van der Waals surface area contributed by atoms with Crippen molar-refractivity contribution in [2.75, 3.05) is 5.32 Å². The maximum Gasteiger partial charge on any atom is 0.150 e. The third-order valence-electron chi connectivity index (χ3n) is 4.38. The van der Waals surface area contributed by atoms with Gasteiger partial charge in [0.25, 0.3) is 0 Å². The molecular formula is C18H21N5. The molecule has 2 aromatic rings. The Hall–Kier alpha value is -2.48. The summed E-state index contributed by atoms with van der Waals surface area (Å²) in [6.45, 7) is 0. The lowest BCUT2D eigenvalue weighted by Gasteiger charge is -2.26. The van der Waals surface area contributed by atoms with Gasteiger partial charge in [-0.05, 0) is 30.5 Å². The molecule has 5 heteroatoms. The highest BCUT2D eigenvalue weighted by atomic mass is 15.1. The van der Waals surface area contributed by atoms with E-state index in [-0.39, 0.29) is 6.04 Å². The summed E-state index contributed by atoms with van der Waals surface area (Å²) in [5, 5.41) is 12.4. The van der Waals surface area contributed by atoms with Crippen LogP contribution in [0.15, 0.2) is 36.7 Å². The van der Waals surface area contributed by atoms with Crippen LogP contribution in [0.4, 0.5) is 5.82 Å². The van der Waals surface area contributed by atoms with Crippen molar-refractivity contribution in [2.24, 2.45) is 5.92 Å². The number of rotatable bonds is 5. The third-order valence-corrected chi connectivity index (χ3v) is 4.38. The van der Waals surface area contributed by atoms with Crippen LogP contribution in [0.3, 0.4) is 0 Å². The summed E-state index contributed by atoms with van der Waals surface area (Å²) in [6.07, 6.45) is 11.1. The molecule has 1 N–H and O–H groups in total. The second kappa shape index (κ2) is 7.68. The molecule has 0 aromatic carbocycles. The monoisotopic (exact) mass is 307 g/mol. The smallest absolute Gasteiger partial charge is 0.150 e. The van der Waals surface area contributed by atoms with Crippen LogP contribution in [-0.2, 0) is 0 Å². The second-order valence-corrected chi connectivity index (χ2v) is 6.06. The Kier molecular flexibility index (Phi) is 5.15. The van der Waals surface area contributed by atoms with Gasteiger partial charge >= 0.3 is 0 Å². The molecule has 2 aromatic heterocycles. The maximum atomic E-state index is 9.01. The predicted octanol–water partition coefficient (Wildman–Crippen LogP) is 3.87. The van der Waals surface area contributed by atoms with E-state index >= 15 is 0 Å². The van der Waals surface area contributed by atoms with Crippen LogP contribution in [0.5, 0.6) is 0 Å². The van der Waals surface area contributed by atoms with Crippen LogP contribution in [-0.4, -0.2) is 15.0 Å². The summed E-state index contributed by atoms with van der Waals surface area (Å²) in [5.41, 5.74) is 0.417. The number of hydrogen-bond donors (Lipinski definition) is 1. The molecule has 1 aliphatic carbocycles. The van der Waals surface area contributed by atoms with Gasteiger partial charge in [-0.3, -0.25) is 0 Å². The van der Waals surface area contributed by atoms with Crippen LogP contribution < -0.4 is 5.32 Å². The molecular weight excluding hydrogens is 286 g/mol. The first-order valence-corrected chi connectivity index (χ1v) is 8.26. The van der Waals surface area contributed by atoms with E-state index in [9.17, 15) is 0 Å². The zero-order chi connectivity index (χ0) is 15.9. The standard InChI is InChI=1S/C18H21N5/c19-13-15-8-4-9-17(22-15)23-16(18-20-10-5-11-21-18)12-14-6-2-1-3-7-14/h4-5,8-11,14,16H,1-3,6-7,12H2,(H,22,23). The molecule has 0 amide bonds. The molecule has 1 saturated carbocycles.